The van der Waals surface area contributed by atoms with Crippen LogP contribution in [0.3, 0.4) is 0 Å². The molecule has 0 atom stereocenters. The minimum absolute atomic E-state index is 0.0110. The summed E-state index contributed by atoms with van der Waals surface area (Å²) in [5.41, 5.74) is 5.87. The maximum atomic E-state index is 12.2. The van der Waals surface area contributed by atoms with E-state index >= 15 is 0 Å². The first-order valence-electron chi connectivity index (χ1n) is 7.28. The largest absolute Gasteiger partial charge is 0.384 e. The van der Waals surface area contributed by atoms with Crippen LogP contribution in [0.2, 0.25) is 0 Å². The van der Waals surface area contributed by atoms with Crippen LogP contribution in [0.5, 0.6) is 0 Å². The Morgan fingerprint density at radius 2 is 1.81 bits per heavy atom. The van der Waals surface area contributed by atoms with E-state index in [1.54, 1.807) is 12.1 Å². The summed E-state index contributed by atoms with van der Waals surface area (Å²) in [6.45, 7) is 0.238. The maximum Gasteiger partial charge on any atom is 0.180 e. The van der Waals surface area contributed by atoms with Crippen molar-refractivity contribution in [2.45, 2.75) is 43.1 Å². The summed E-state index contributed by atoms with van der Waals surface area (Å²) in [4.78, 5) is 0.250. The van der Waals surface area contributed by atoms with Crippen molar-refractivity contribution in [2.24, 2.45) is 5.73 Å². The second-order valence-corrected chi connectivity index (χ2v) is 7.50. The summed E-state index contributed by atoms with van der Waals surface area (Å²) >= 11 is 0. The third kappa shape index (κ3) is 4.54. The van der Waals surface area contributed by atoms with E-state index in [9.17, 15) is 8.42 Å². The molecule has 0 spiro atoms. The van der Waals surface area contributed by atoms with Crippen molar-refractivity contribution in [1.82, 2.24) is 0 Å². The Kier molecular flexibility index (Phi) is 5.36. The van der Waals surface area contributed by atoms with Crippen LogP contribution < -0.4 is 5.73 Å². The van der Waals surface area contributed by atoms with Gasteiger partial charge in [-0.25, -0.2) is 8.42 Å². The summed E-state index contributed by atoms with van der Waals surface area (Å²) in [6.07, 6.45) is 5.88. The molecule has 0 bridgehead atoms. The van der Waals surface area contributed by atoms with Crippen molar-refractivity contribution in [3.05, 3.63) is 29.8 Å². The molecule has 0 heterocycles. The second-order valence-electron chi connectivity index (χ2n) is 5.39. The summed E-state index contributed by atoms with van der Waals surface area (Å²) in [5.74, 6) is -0.0808. The fraction of sp³-hybridized carbons (Fsp3) is 0.533. The fourth-order valence-corrected chi connectivity index (χ4v) is 3.62. The Morgan fingerprint density at radius 3 is 2.38 bits per heavy atom. The van der Waals surface area contributed by atoms with Gasteiger partial charge in [0.25, 0.3) is 0 Å². The Labute approximate surface area is 125 Å². The molecule has 1 saturated carbocycles. The number of benzene rings is 1. The summed E-state index contributed by atoms with van der Waals surface area (Å²) in [5, 5.41) is 7.29. The Morgan fingerprint density at radius 1 is 1.19 bits per heavy atom. The summed E-state index contributed by atoms with van der Waals surface area (Å²) in [7, 11) is -3.34. The lowest BCUT2D eigenvalue weighted by molar-refractivity contribution is 0.0379. The molecule has 0 amide bonds. The Bertz CT molecular complexity index is 575. The van der Waals surface area contributed by atoms with Crippen LogP contribution in [0.25, 0.3) is 0 Å². The van der Waals surface area contributed by atoms with Gasteiger partial charge in [0.2, 0.25) is 0 Å². The van der Waals surface area contributed by atoms with E-state index in [2.05, 4.69) is 0 Å². The van der Waals surface area contributed by atoms with Crippen LogP contribution in [0.4, 0.5) is 0 Å². The molecular formula is C15H22N2O3S. The molecule has 1 aromatic carbocycles. The highest BCUT2D eigenvalue weighted by molar-refractivity contribution is 7.91. The highest BCUT2D eigenvalue weighted by Gasteiger charge is 2.18. The predicted octanol–water partition coefficient (Wildman–Crippen LogP) is 2.09. The average Bonchev–Trinajstić information content (AvgIpc) is 2.48. The first kappa shape index (κ1) is 16.0. The molecule has 3 N–H and O–H groups in total. The highest BCUT2D eigenvalue weighted by Crippen LogP contribution is 2.20. The average molecular weight is 310 g/mol. The van der Waals surface area contributed by atoms with Crippen LogP contribution in [-0.2, 0) is 14.6 Å². The standard InChI is InChI=1S/C15H22N2O3S/c16-15(17)12-6-8-14(9-7-12)21(18,19)11-10-20-13-4-2-1-3-5-13/h6-9,13H,1-5,10-11H2,(H3,16,17). The van der Waals surface area contributed by atoms with Crippen molar-refractivity contribution in [3.8, 4) is 0 Å². The van der Waals surface area contributed by atoms with Crippen LogP contribution in [0, 0.1) is 5.41 Å². The molecule has 116 valence electrons. The molecule has 0 aliphatic heterocycles. The van der Waals surface area contributed by atoms with Crippen molar-refractivity contribution in [3.63, 3.8) is 0 Å². The van der Waals surface area contributed by atoms with E-state index in [0.717, 1.165) is 12.8 Å². The van der Waals surface area contributed by atoms with Gasteiger partial charge in [0.15, 0.2) is 9.84 Å². The highest BCUT2D eigenvalue weighted by atomic mass is 32.2. The number of nitrogens with two attached hydrogens (primary N) is 1. The van der Waals surface area contributed by atoms with E-state index in [1.807, 2.05) is 0 Å². The molecule has 0 unspecified atom stereocenters. The van der Waals surface area contributed by atoms with Gasteiger partial charge in [-0.1, -0.05) is 31.4 Å². The molecule has 2 rings (SSSR count). The molecule has 0 aromatic heterocycles. The lowest BCUT2D eigenvalue weighted by Gasteiger charge is -2.21. The van der Waals surface area contributed by atoms with Gasteiger partial charge in [-0.3, -0.25) is 5.41 Å². The quantitative estimate of drug-likeness (QED) is 0.621. The SMILES string of the molecule is N=C(N)c1ccc(S(=O)(=O)CCOC2CCCCC2)cc1. The Balaban J connectivity index is 1.90. The number of hydrogen-bond donors (Lipinski definition) is 2. The number of ether oxygens (including phenoxy) is 1. The minimum Gasteiger partial charge on any atom is -0.384 e. The molecule has 21 heavy (non-hydrogen) atoms. The zero-order chi connectivity index (χ0) is 15.3. The lowest BCUT2D eigenvalue weighted by atomic mass is 9.98. The number of amidine groups is 1. The van der Waals surface area contributed by atoms with Crippen molar-refractivity contribution in [2.75, 3.05) is 12.4 Å². The van der Waals surface area contributed by atoms with Gasteiger partial charge in [-0.2, -0.15) is 0 Å². The van der Waals surface area contributed by atoms with Gasteiger partial charge in [-0.05, 0) is 25.0 Å². The van der Waals surface area contributed by atoms with E-state index in [-0.39, 0.29) is 29.2 Å². The third-order valence-corrected chi connectivity index (χ3v) is 5.48. The van der Waals surface area contributed by atoms with E-state index in [4.69, 9.17) is 15.9 Å². The molecule has 1 aliphatic carbocycles. The van der Waals surface area contributed by atoms with Gasteiger partial charge in [0, 0.05) is 5.56 Å². The van der Waals surface area contributed by atoms with Crippen molar-refractivity contribution in [1.29, 1.82) is 5.41 Å². The van der Waals surface area contributed by atoms with Crippen LogP contribution in [0.15, 0.2) is 29.2 Å². The predicted molar refractivity (Wildman–Crippen MR) is 82.3 cm³/mol. The molecule has 6 heteroatoms. The molecule has 1 aromatic rings. The molecule has 0 saturated heterocycles. The zero-order valence-electron chi connectivity index (χ0n) is 12.0. The number of hydrogen-bond acceptors (Lipinski definition) is 4. The first-order chi connectivity index (χ1) is 9.99. The molecule has 1 fully saturated rings. The van der Waals surface area contributed by atoms with Gasteiger partial charge in [0.1, 0.15) is 5.84 Å². The van der Waals surface area contributed by atoms with Gasteiger partial charge < -0.3 is 10.5 Å². The topological polar surface area (TPSA) is 93.2 Å². The van der Waals surface area contributed by atoms with Gasteiger partial charge >= 0.3 is 0 Å². The second kappa shape index (κ2) is 7.04. The number of nitrogens with one attached hydrogen (secondary N) is 1. The Hall–Kier alpha value is -1.40. The third-order valence-electron chi connectivity index (χ3n) is 3.78. The summed E-state index contributed by atoms with van der Waals surface area (Å²) in [6, 6.07) is 6.09. The molecule has 1 aliphatic rings. The smallest absolute Gasteiger partial charge is 0.180 e. The van der Waals surface area contributed by atoms with E-state index < -0.39 is 9.84 Å². The van der Waals surface area contributed by atoms with E-state index in [1.165, 1.54) is 31.4 Å². The first-order valence-corrected chi connectivity index (χ1v) is 8.93. The number of rotatable bonds is 6. The van der Waals surface area contributed by atoms with Crippen LogP contribution in [0.1, 0.15) is 37.7 Å². The fourth-order valence-electron chi connectivity index (χ4n) is 2.52. The minimum atomic E-state index is -3.34. The van der Waals surface area contributed by atoms with Crippen LogP contribution >= 0.6 is 0 Å². The zero-order valence-corrected chi connectivity index (χ0v) is 12.9. The normalized spacial score (nSPS) is 16.8. The maximum absolute atomic E-state index is 12.2. The number of sulfone groups is 1. The van der Waals surface area contributed by atoms with Gasteiger partial charge in [-0.15, -0.1) is 0 Å². The lowest BCUT2D eigenvalue weighted by Crippen LogP contribution is -2.21. The van der Waals surface area contributed by atoms with Crippen molar-refractivity contribution >= 4 is 15.7 Å². The van der Waals surface area contributed by atoms with Crippen molar-refractivity contribution < 1.29 is 13.2 Å². The molecule has 0 radical (unpaired) electrons. The summed E-state index contributed by atoms with van der Waals surface area (Å²) < 4.78 is 30.0. The van der Waals surface area contributed by atoms with Gasteiger partial charge in [0.05, 0.1) is 23.4 Å². The van der Waals surface area contributed by atoms with Crippen LogP contribution in [-0.4, -0.2) is 32.7 Å². The number of nitrogen functional groups attached to an aromatic ring is 1. The molecule has 5 nitrogen and oxygen atoms in total. The monoisotopic (exact) mass is 310 g/mol. The van der Waals surface area contributed by atoms with E-state index in [0.29, 0.717) is 5.56 Å². The molecular weight excluding hydrogens is 288 g/mol.